The fourth-order valence-corrected chi connectivity index (χ4v) is 3.21. The van der Waals surface area contributed by atoms with Crippen LogP contribution in [0.1, 0.15) is 31.2 Å². The van der Waals surface area contributed by atoms with Crippen LogP contribution in [-0.4, -0.2) is 37.1 Å². The van der Waals surface area contributed by atoms with Gasteiger partial charge in [-0.15, -0.1) is 0 Å². The molecule has 3 nitrogen and oxygen atoms in total. The van der Waals surface area contributed by atoms with Crippen molar-refractivity contribution in [1.29, 1.82) is 0 Å². The Balaban J connectivity index is 1.59. The number of hydrogen-bond acceptors (Lipinski definition) is 3. The fourth-order valence-electron chi connectivity index (χ4n) is 3.21. The summed E-state index contributed by atoms with van der Waals surface area (Å²) in [6.07, 6.45) is 5.26. The average Bonchev–Trinajstić information content (AvgIpc) is 2.87. The van der Waals surface area contributed by atoms with Gasteiger partial charge in [-0.3, -0.25) is 4.90 Å². The fraction of sp³-hybridized carbons (Fsp3) is 0.625. The van der Waals surface area contributed by atoms with Crippen LogP contribution in [0.5, 0.6) is 0 Å². The van der Waals surface area contributed by atoms with Gasteiger partial charge in [-0.1, -0.05) is 18.6 Å². The molecule has 2 aliphatic heterocycles. The van der Waals surface area contributed by atoms with Crippen LogP contribution in [-0.2, 0) is 6.54 Å². The van der Waals surface area contributed by atoms with Crippen LogP contribution in [0, 0.1) is 0 Å². The SMILES string of the molecule is NC1CCN(c2ccc(CN3CCCCC3)cc2)C1. The van der Waals surface area contributed by atoms with Gasteiger partial charge >= 0.3 is 0 Å². The zero-order valence-electron chi connectivity index (χ0n) is 11.7. The molecule has 3 heteroatoms. The van der Waals surface area contributed by atoms with Crippen LogP contribution in [0.15, 0.2) is 24.3 Å². The summed E-state index contributed by atoms with van der Waals surface area (Å²) in [6, 6.07) is 9.45. The predicted molar refractivity (Wildman–Crippen MR) is 80.4 cm³/mol. The van der Waals surface area contributed by atoms with Crippen LogP contribution in [0.4, 0.5) is 5.69 Å². The van der Waals surface area contributed by atoms with Gasteiger partial charge < -0.3 is 10.6 Å². The predicted octanol–water partition coefficient (Wildman–Crippen LogP) is 2.21. The molecule has 0 aromatic heterocycles. The summed E-state index contributed by atoms with van der Waals surface area (Å²) in [4.78, 5) is 4.97. The number of nitrogens with two attached hydrogens (primary N) is 1. The molecule has 2 saturated heterocycles. The highest BCUT2D eigenvalue weighted by molar-refractivity contribution is 5.48. The summed E-state index contributed by atoms with van der Waals surface area (Å²) < 4.78 is 0. The zero-order chi connectivity index (χ0) is 13.1. The largest absolute Gasteiger partial charge is 0.370 e. The maximum absolute atomic E-state index is 5.97. The normalized spacial score (nSPS) is 24.9. The van der Waals surface area contributed by atoms with Gasteiger partial charge in [-0.2, -0.15) is 0 Å². The molecule has 104 valence electrons. The van der Waals surface area contributed by atoms with E-state index in [1.54, 1.807) is 0 Å². The highest BCUT2D eigenvalue weighted by atomic mass is 15.2. The van der Waals surface area contributed by atoms with Gasteiger partial charge in [0, 0.05) is 31.4 Å². The smallest absolute Gasteiger partial charge is 0.0366 e. The minimum absolute atomic E-state index is 0.355. The first kappa shape index (κ1) is 12.9. The standard InChI is InChI=1S/C16H25N3/c17-15-8-11-19(13-15)16-6-4-14(5-7-16)12-18-9-2-1-3-10-18/h4-7,15H,1-3,8-13,17H2. The van der Waals surface area contributed by atoms with Crippen LogP contribution in [0.3, 0.4) is 0 Å². The van der Waals surface area contributed by atoms with Crippen LogP contribution in [0.25, 0.3) is 0 Å². The van der Waals surface area contributed by atoms with Gasteiger partial charge in [0.1, 0.15) is 0 Å². The lowest BCUT2D eigenvalue weighted by molar-refractivity contribution is 0.221. The van der Waals surface area contributed by atoms with E-state index in [4.69, 9.17) is 5.73 Å². The third-order valence-electron chi connectivity index (χ3n) is 4.38. The van der Waals surface area contributed by atoms with Gasteiger partial charge in [0.2, 0.25) is 0 Å². The number of nitrogens with zero attached hydrogens (tertiary/aromatic N) is 2. The van der Waals surface area contributed by atoms with Gasteiger partial charge in [0.15, 0.2) is 0 Å². The van der Waals surface area contributed by atoms with Gasteiger partial charge in [-0.05, 0) is 50.0 Å². The number of benzene rings is 1. The first-order chi connectivity index (χ1) is 9.31. The average molecular weight is 259 g/mol. The van der Waals surface area contributed by atoms with Gasteiger partial charge in [-0.25, -0.2) is 0 Å². The van der Waals surface area contributed by atoms with Crippen molar-refractivity contribution in [2.45, 2.75) is 38.3 Å². The topological polar surface area (TPSA) is 32.5 Å². The van der Waals surface area contributed by atoms with Crippen molar-refractivity contribution in [3.05, 3.63) is 29.8 Å². The molecule has 19 heavy (non-hydrogen) atoms. The van der Waals surface area contributed by atoms with Gasteiger partial charge in [0.25, 0.3) is 0 Å². The van der Waals surface area contributed by atoms with Crippen molar-refractivity contribution in [3.8, 4) is 0 Å². The van der Waals surface area contributed by atoms with Crippen molar-refractivity contribution in [2.24, 2.45) is 5.73 Å². The zero-order valence-corrected chi connectivity index (χ0v) is 11.7. The highest BCUT2D eigenvalue weighted by Gasteiger charge is 2.19. The van der Waals surface area contributed by atoms with Crippen molar-refractivity contribution >= 4 is 5.69 Å². The second kappa shape index (κ2) is 5.93. The third kappa shape index (κ3) is 3.28. The molecular formula is C16H25N3. The summed E-state index contributed by atoms with van der Waals surface area (Å²) in [5.41, 5.74) is 8.74. The maximum atomic E-state index is 5.97. The Hall–Kier alpha value is -1.06. The summed E-state index contributed by atoms with van der Waals surface area (Å²) in [6.45, 7) is 5.75. The summed E-state index contributed by atoms with van der Waals surface area (Å²) in [7, 11) is 0. The lowest BCUT2D eigenvalue weighted by atomic mass is 10.1. The number of hydrogen-bond donors (Lipinski definition) is 1. The van der Waals surface area contributed by atoms with Crippen molar-refractivity contribution in [2.75, 3.05) is 31.1 Å². The molecule has 0 aliphatic carbocycles. The molecule has 0 spiro atoms. The molecule has 1 aromatic carbocycles. The molecule has 2 aliphatic rings. The Bertz CT molecular complexity index is 395. The minimum atomic E-state index is 0.355. The van der Waals surface area contributed by atoms with E-state index in [2.05, 4.69) is 34.1 Å². The molecule has 1 aromatic rings. The van der Waals surface area contributed by atoms with E-state index in [1.807, 2.05) is 0 Å². The second-order valence-electron chi connectivity index (χ2n) is 6.00. The molecule has 3 rings (SSSR count). The minimum Gasteiger partial charge on any atom is -0.370 e. The second-order valence-corrected chi connectivity index (χ2v) is 6.00. The summed E-state index contributed by atoms with van der Waals surface area (Å²) >= 11 is 0. The molecule has 2 fully saturated rings. The van der Waals surface area contributed by atoms with E-state index in [-0.39, 0.29) is 0 Å². The first-order valence-electron chi connectivity index (χ1n) is 7.63. The Morgan fingerprint density at radius 3 is 2.37 bits per heavy atom. The number of piperidine rings is 1. The molecule has 0 radical (unpaired) electrons. The van der Waals surface area contributed by atoms with Crippen molar-refractivity contribution in [1.82, 2.24) is 4.90 Å². The quantitative estimate of drug-likeness (QED) is 0.903. The Morgan fingerprint density at radius 2 is 1.74 bits per heavy atom. The van der Waals surface area contributed by atoms with E-state index in [1.165, 1.54) is 43.6 Å². The Labute approximate surface area is 116 Å². The maximum Gasteiger partial charge on any atom is 0.0366 e. The van der Waals surface area contributed by atoms with Crippen molar-refractivity contribution < 1.29 is 0 Å². The number of rotatable bonds is 3. The number of likely N-dealkylation sites (tertiary alicyclic amines) is 1. The molecule has 2 N–H and O–H groups in total. The van der Waals surface area contributed by atoms with E-state index in [9.17, 15) is 0 Å². The van der Waals surface area contributed by atoms with Crippen LogP contribution < -0.4 is 10.6 Å². The molecule has 1 atom stereocenters. The summed E-state index contributed by atoms with van der Waals surface area (Å²) in [5, 5.41) is 0. The van der Waals surface area contributed by atoms with Crippen LogP contribution >= 0.6 is 0 Å². The Kier molecular flexibility index (Phi) is 4.04. The molecular weight excluding hydrogens is 234 g/mol. The lowest BCUT2D eigenvalue weighted by Gasteiger charge is -2.26. The number of anilines is 1. The van der Waals surface area contributed by atoms with Gasteiger partial charge in [0.05, 0.1) is 0 Å². The van der Waals surface area contributed by atoms with E-state index in [0.717, 1.165) is 26.1 Å². The lowest BCUT2D eigenvalue weighted by Crippen LogP contribution is -2.29. The molecule has 0 bridgehead atoms. The van der Waals surface area contributed by atoms with Crippen LogP contribution in [0.2, 0.25) is 0 Å². The third-order valence-corrected chi connectivity index (χ3v) is 4.38. The van der Waals surface area contributed by atoms with Crippen molar-refractivity contribution in [3.63, 3.8) is 0 Å². The first-order valence-corrected chi connectivity index (χ1v) is 7.63. The van der Waals surface area contributed by atoms with E-state index < -0.39 is 0 Å². The molecule has 0 saturated carbocycles. The van der Waals surface area contributed by atoms with E-state index >= 15 is 0 Å². The molecule has 2 heterocycles. The Morgan fingerprint density at radius 1 is 1.00 bits per heavy atom. The molecule has 0 amide bonds. The highest BCUT2D eigenvalue weighted by Crippen LogP contribution is 2.21. The summed E-state index contributed by atoms with van der Waals surface area (Å²) in [5.74, 6) is 0. The van der Waals surface area contributed by atoms with E-state index in [0.29, 0.717) is 6.04 Å². The molecule has 1 unspecified atom stereocenters. The monoisotopic (exact) mass is 259 g/mol.